The summed E-state index contributed by atoms with van der Waals surface area (Å²) < 4.78 is 15.6. The van der Waals surface area contributed by atoms with Crippen LogP contribution >= 0.6 is 15.9 Å². The first kappa shape index (κ1) is 24.4. The highest BCUT2D eigenvalue weighted by atomic mass is 79.9. The van der Waals surface area contributed by atoms with Crippen molar-refractivity contribution >= 4 is 71.7 Å². The highest BCUT2D eigenvalue weighted by molar-refractivity contribution is 9.10. The van der Waals surface area contributed by atoms with Gasteiger partial charge in [0.05, 0.1) is 26.5 Å². The zero-order valence-corrected chi connectivity index (χ0v) is 23.1. The van der Waals surface area contributed by atoms with Crippen LogP contribution in [-0.4, -0.2) is 32.5 Å². The third-order valence-electron chi connectivity index (χ3n) is 6.06. The summed E-state index contributed by atoms with van der Waals surface area (Å²) in [4.78, 5) is 27.1. The normalized spacial score (nSPS) is 12.7. The molecule has 0 unspecified atom stereocenters. The van der Waals surface area contributed by atoms with Crippen molar-refractivity contribution in [1.82, 2.24) is 9.13 Å². The number of para-hydroxylation sites is 2. The van der Waals surface area contributed by atoms with Gasteiger partial charge in [-0.15, -0.1) is 0 Å². The van der Waals surface area contributed by atoms with Crippen LogP contribution in [0.15, 0.2) is 53.0 Å². The predicted octanol–water partition coefficient (Wildman–Crippen LogP) is 8.54. The lowest BCUT2D eigenvalue weighted by Crippen LogP contribution is -2.27. The van der Waals surface area contributed by atoms with Crippen molar-refractivity contribution in [3.63, 3.8) is 0 Å². The van der Waals surface area contributed by atoms with E-state index in [0.29, 0.717) is 5.52 Å². The summed E-state index contributed by atoms with van der Waals surface area (Å²) in [6.07, 6.45) is -0.900. The summed E-state index contributed by atoms with van der Waals surface area (Å²) in [5.41, 5.74) is 2.50. The molecular formula is C29H29BrN2O4. The van der Waals surface area contributed by atoms with Crippen LogP contribution in [0.25, 0.3) is 43.6 Å². The van der Waals surface area contributed by atoms with E-state index in [1.807, 2.05) is 97.0 Å². The second kappa shape index (κ2) is 8.10. The molecule has 0 aliphatic heterocycles. The fourth-order valence-corrected chi connectivity index (χ4v) is 5.65. The van der Waals surface area contributed by atoms with Crippen molar-refractivity contribution in [2.24, 2.45) is 0 Å². The molecule has 0 aliphatic carbocycles. The third-order valence-corrected chi connectivity index (χ3v) is 6.83. The molecule has 0 saturated carbocycles. The highest BCUT2D eigenvalue weighted by Crippen LogP contribution is 2.45. The van der Waals surface area contributed by atoms with E-state index in [-0.39, 0.29) is 0 Å². The molecule has 0 N–H and O–H groups in total. The number of ether oxygens (including phenoxy) is 2. The average molecular weight is 549 g/mol. The van der Waals surface area contributed by atoms with Gasteiger partial charge in [-0.1, -0.05) is 36.4 Å². The maximum atomic E-state index is 13.5. The SMILES string of the molecule is Cc1c2c3ccccc3n(C(=O)OC(C)(C)C)c2c(Br)c2c3ccccc3n(C(=O)OC(C)(C)C)c12. The summed E-state index contributed by atoms with van der Waals surface area (Å²) in [5, 5.41) is 3.51. The smallest absolute Gasteiger partial charge is 0.419 e. The average Bonchev–Trinajstić information content (AvgIpc) is 3.29. The molecule has 0 amide bonds. The van der Waals surface area contributed by atoms with Crippen LogP contribution in [-0.2, 0) is 9.47 Å². The molecule has 0 spiro atoms. The van der Waals surface area contributed by atoms with Gasteiger partial charge in [-0.05, 0) is 82.1 Å². The lowest BCUT2D eigenvalue weighted by Gasteiger charge is -2.21. The lowest BCUT2D eigenvalue weighted by molar-refractivity contribution is 0.0539. The minimum Gasteiger partial charge on any atom is -0.443 e. The first-order valence-corrected chi connectivity index (χ1v) is 12.7. The number of carbonyl (C=O) groups excluding carboxylic acids is 2. The number of carbonyl (C=O) groups is 2. The molecule has 0 aliphatic rings. The molecule has 3 aromatic carbocycles. The van der Waals surface area contributed by atoms with E-state index in [4.69, 9.17) is 9.47 Å². The van der Waals surface area contributed by atoms with Crippen LogP contribution in [0.1, 0.15) is 47.1 Å². The number of nitrogens with zero attached hydrogens (tertiary/aromatic N) is 2. The van der Waals surface area contributed by atoms with Crippen LogP contribution in [0, 0.1) is 6.92 Å². The molecule has 6 nitrogen and oxygen atoms in total. The summed E-state index contributed by atoms with van der Waals surface area (Å²) in [5.74, 6) is 0. The Morgan fingerprint density at radius 3 is 1.58 bits per heavy atom. The Labute approximate surface area is 217 Å². The van der Waals surface area contributed by atoms with E-state index in [2.05, 4.69) is 15.9 Å². The van der Waals surface area contributed by atoms with Gasteiger partial charge in [0.1, 0.15) is 11.2 Å². The fourth-order valence-electron chi connectivity index (χ4n) is 4.88. The molecule has 36 heavy (non-hydrogen) atoms. The molecule has 2 aromatic heterocycles. The predicted molar refractivity (Wildman–Crippen MR) is 148 cm³/mol. The molecule has 0 fully saturated rings. The van der Waals surface area contributed by atoms with Crippen molar-refractivity contribution in [3.8, 4) is 0 Å². The largest absolute Gasteiger partial charge is 0.443 e. The van der Waals surface area contributed by atoms with Crippen molar-refractivity contribution in [2.45, 2.75) is 59.7 Å². The monoisotopic (exact) mass is 548 g/mol. The van der Waals surface area contributed by atoms with Crippen molar-refractivity contribution in [3.05, 3.63) is 58.6 Å². The standard InChI is InChI=1S/C29H29BrN2O4/c1-16-21-17-12-8-10-14-19(17)32(27(34)36-29(5,6)7)25(21)23(30)22-18-13-9-11-15-20(18)31(24(16)22)26(33)35-28(2,3)4/h8-15H,1-7H3. The van der Waals surface area contributed by atoms with Crippen LogP contribution in [0.4, 0.5) is 9.59 Å². The van der Waals surface area contributed by atoms with Gasteiger partial charge >= 0.3 is 12.2 Å². The number of hydrogen-bond donors (Lipinski definition) is 0. The lowest BCUT2D eigenvalue weighted by atomic mass is 10.0. The molecule has 0 saturated heterocycles. The number of aryl methyl sites for hydroxylation is 1. The molecule has 0 bridgehead atoms. The number of benzene rings is 3. The molecule has 5 aromatic rings. The second-order valence-corrected chi connectivity index (χ2v) is 11.8. The first-order chi connectivity index (χ1) is 16.8. The van der Waals surface area contributed by atoms with Gasteiger partial charge in [-0.25, -0.2) is 18.7 Å². The Morgan fingerprint density at radius 2 is 1.11 bits per heavy atom. The number of fused-ring (bicyclic) bond motifs is 6. The van der Waals surface area contributed by atoms with Crippen molar-refractivity contribution < 1.29 is 19.1 Å². The van der Waals surface area contributed by atoms with Gasteiger partial charge in [0, 0.05) is 21.5 Å². The van der Waals surface area contributed by atoms with Gasteiger partial charge in [0.15, 0.2) is 0 Å². The number of halogens is 1. The van der Waals surface area contributed by atoms with E-state index >= 15 is 0 Å². The van der Waals surface area contributed by atoms with E-state index < -0.39 is 23.4 Å². The molecule has 7 heteroatoms. The van der Waals surface area contributed by atoms with Crippen LogP contribution in [0.3, 0.4) is 0 Å². The van der Waals surface area contributed by atoms with Crippen molar-refractivity contribution in [2.75, 3.05) is 0 Å². The van der Waals surface area contributed by atoms with Crippen LogP contribution < -0.4 is 0 Å². The van der Waals surface area contributed by atoms with Crippen molar-refractivity contribution in [1.29, 1.82) is 0 Å². The second-order valence-electron chi connectivity index (χ2n) is 11.1. The Kier molecular flexibility index (Phi) is 5.48. The minimum absolute atomic E-state index is 0.445. The quantitative estimate of drug-likeness (QED) is 0.194. The van der Waals surface area contributed by atoms with Gasteiger partial charge in [0.25, 0.3) is 0 Å². The zero-order valence-electron chi connectivity index (χ0n) is 21.5. The van der Waals surface area contributed by atoms with E-state index in [9.17, 15) is 9.59 Å². The summed E-state index contributed by atoms with van der Waals surface area (Å²) >= 11 is 3.84. The van der Waals surface area contributed by atoms with E-state index in [1.165, 1.54) is 0 Å². The van der Waals surface area contributed by atoms with Crippen LogP contribution in [0.5, 0.6) is 0 Å². The van der Waals surface area contributed by atoms with Gasteiger partial charge in [0.2, 0.25) is 0 Å². The fraction of sp³-hybridized carbons (Fsp3) is 0.310. The Bertz CT molecular complexity index is 1580. The van der Waals surface area contributed by atoms with Gasteiger partial charge < -0.3 is 9.47 Å². The van der Waals surface area contributed by atoms with Crippen LogP contribution in [0.2, 0.25) is 0 Å². The number of aromatic nitrogens is 2. The topological polar surface area (TPSA) is 62.5 Å². The van der Waals surface area contributed by atoms with E-state index in [0.717, 1.165) is 48.1 Å². The molecular weight excluding hydrogens is 520 g/mol. The highest BCUT2D eigenvalue weighted by Gasteiger charge is 2.30. The number of rotatable bonds is 0. The molecule has 186 valence electrons. The zero-order chi connectivity index (χ0) is 26.2. The Balaban J connectivity index is 1.99. The number of hydrogen-bond acceptors (Lipinski definition) is 4. The minimum atomic E-state index is -0.660. The summed E-state index contributed by atoms with van der Waals surface area (Å²) in [6.45, 7) is 13.1. The molecule has 0 radical (unpaired) electrons. The summed E-state index contributed by atoms with van der Waals surface area (Å²) in [7, 11) is 0. The Morgan fingerprint density at radius 1 is 0.694 bits per heavy atom. The third kappa shape index (κ3) is 3.77. The summed E-state index contributed by atoms with van der Waals surface area (Å²) in [6, 6.07) is 15.5. The molecule has 2 heterocycles. The molecule has 5 rings (SSSR count). The first-order valence-electron chi connectivity index (χ1n) is 11.9. The van der Waals surface area contributed by atoms with E-state index in [1.54, 1.807) is 9.13 Å². The Hall–Kier alpha value is -3.32. The maximum Gasteiger partial charge on any atom is 0.419 e. The van der Waals surface area contributed by atoms with Gasteiger partial charge in [-0.3, -0.25) is 0 Å². The maximum absolute atomic E-state index is 13.5. The van der Waals surface area contributed by atoms with Gasteiger partial charge in [-0.2, -0.15) is 0 Å². The molecule has 0 atom stereocenters.